The van der Waals surface area contributed by atoms with Crippen molar-refractivity contribution in [2.45, 2.75) is 19.5 Å². The highest BCUT2D eigenvalue weighted by atomic mass is 32.2. The van der Waals surface area contributed by atoms with Crippen molar-refractivity contribution in [3.8, 4) is 0 Å². The summed E-state index contributed by atoms with van der Waals surface area (Å²) in [6.45, 7) is 5.47. The Bertz CT molecular complexity index is 262. The second-order valence-corrected chi connectivity index (χ2v) is 5.98. The number of thiophene rings is 1. The third-order valence-corrected chi connectivity index (χ3v) is 4.37. The van der Waals surface area contributed by atoms with Gasteiger partial charge in [-0.15, -0.1) is 11.3 Å². The average Bonchev–Trinajstić information content (AvgIpc) is 2.77. The molecule has 4 heteroatoms. The summed E-state index contributed by atoms with van der Waals surface area (Å²) in [5.41, 5.74) is 0. The maximum absolute atomic E-state index is 3.48. The molecule has 1 N–H and O–H groups in total. The predicted octanol–water partition coefficient (Wildman–Crippen LogP) is 2.52. The first-order valence-electron chi connectivity index (χ1n) is 5.66. The van der Waals surface area contributed by atoms with E-state index in [-0.39, 0.29) is 0 Å². The van der Waals surface area contributed by atoms with Crippen LogP contribution in [0.25, 0.3) is 0 Å². The van der Waals surface area contributed by atoms with E-state index in [1.807, 2.05) is 23.1 Å². The molecule has 0 bridgehead atoms. The fourth-order valence-electron chi connectivity index (χ4n) is 1.47. The minimum absolute atomic E-state index is 0.665. The molecule has 2 nitrogen and oxygen atoms in total. The molecule has 0 fully saturated rings. The molecule has 0 radical (unpaired) electrons. The summed E-state index contributed by atoms with van der Waals surface area (Å²) < 4.78 is 0. The van der Waals surface area contributed by atoms with Crippen LogP contribution in [-0.2, 0) is 6.54 Å². The average molecular weight is 258 g/mol. The summed E-state index contributed by atoms with van der Waals surface area (Å²) in [7, 11) is 2.20. The zero-order valence-electron chi connectivity index (χ0n) is 10.4. The molecule has 0 amide bonds. The highest BCUT2D eigenvalue weighted by Crippen LogP contribution is 2.07. The summed E-state index contributed by atoms with van der Waals surface area (Å²) in [6, 6.07) is 4.95. The molecule has 0 aliphatic rings. The van der Waals surface area contributed by atoms with Gasteiger partial charge >= 0.3 is 0 Å². The van der Waals surface area contributed by atoms with Crippen molar-refractivity contribution in [1.29, 1.82) is 0 Å². The van der Waals surface area contributed by atoms with Gasteiger partial charge in [0.1, 0.15) is 0 Å². The summed E-state index contributed by atoms with van der Waals surface area (Å²) in [5.74, 6) is 1.21. The van der Waals surface area contributed by atoms with E-state index in [9.17, 15) is 0 Å². The lowest BCUT2D eigenvalue weighted by Crippen LogP contribution is -2.36. The van der Waals surface area contributed by atoms with Gasteiger partial charge in [0.25, 0.3) is 0 Å². The first kappa shape index (κ1) is 14.0. The summed E-state index contributed by atoms with van der Waals surface area (Å²) in [6.07, 6.45) is 2.17. The van der Waals surface area contributed by atoms with E-state index >= 15 is 0 Å². The van der Waals surface area contributed by atoms with Crippen LogP contribution in [0, 0.1) is 0 Å². The SMILES string of the molecule is CSCC(C)N(C)CCNCc1cccs1. The standard InChI is InChI=1S/C12H22N2S2/c1-11(10-15-3)14(2)7-6-13-9-12-5-4-8-16-12/h4-5,8,11,13H,6-7,9-10H2,1-3H3. The van der Waals surface area contributed by atoms with Gasteiger partial charge in [-0.1, -0.05) is 6.07 Å². The third kappa shape index (κ3) is 5.34. The lowest BCUT2D eigenvalue weighted by atomic mass is 10.3. The number of likely N-dealkylation sites (N-methyl/N-ethyl adjacent to an activating group) is 1. The zero-order chi connectivity index (χ0) is 11.8. The van der Waals surface area contributed by atoms with Crippen LogP contribution in [0.4, 0.5) is 0 Å². The largest absolute Gasteiger partial charge is 0.311 e. The zero-order valence-corrected chi connectivity index (χ0v) is 12.0. The summed E-state index contributed by atoms with van der Waals surface area (Å²) in [4.78, 5) is 3.83. The van der Waals surface area contributed by atoms with E-state index in [0.717, 1.165) is 19.6 Å². The van der Waals surface area contributed by atoms with Crippen LogP contribution >= 0.6 is 23.1 Å². The summed E-state index contributed by atoms with van der Waals surface area (Å²) in [5, 5.41) is 5.61. The number of hydrogen-bond donors (Lipinski definition) is 1. The van der Waals surface area contributed by atoms with Crippen molar-refractivity contribution in [1.82, 2.24) is 10.2 Å². The molecule has 0 saturated heterocycles. The van der Waals surface area contributed by atoms with E-state index in [1.165, 1.54) is 10.6 Å². The van der Waals surface area contributed by atoms with Crippen molar-refractivity contribution >= 4 is 23.1 Å². The van der Waals surface area contributed by atoms with Gasteiger partial charge in [-0.3, -0.25) is 0 Å². The Morgan fingerprint density at radius 2 is 2.38 bits per heavy atom. The van der Waals surface area contributed by atoms with Crippen LogP contribution in [0.1, 0.15) is 11.8 Å². The monoisotopic (exact) mass is 258 g/mol. The van der Waals surface area contributed by atoms with Gasteiger partial charge in [0.2, 0.25) is 0 Å². The molecule has 1 aromatic rings. The number of nitrogens with zero attached hydrogens (tertiary/aromatic N) is 1. The topological polar surface area (TPSA) is 15.3 Å². The van der Waals surface area contributed by atoms with Crippen molar-refractivity contribution < 1.29 is 0 Å². The maximum atomic E-state index is 3.48. The molecule has 1 aromatic heterocycles. The first-order chi connectivity index (χ1) is 7.74. The molecule has 0 aromatic carbocycles. The van der Waals surface area contributed by atoms with Crippen LogP contribution in [-0.4, -0.2) is 43.1 Å². The Morgan fingerprint density at radius 3 is 3.00 bits per heavy atom. The van der Waals surface area contributed by atoms with Gasteiger partial charge in [0.15, 0.2) is 0 Å². The van der Waals surface area contributed by atoms with E-state index in [4.69, 9.17) is 0 Å². The van der Waals surface area contributed by atoms with Gasteiger partial charge in [-0.25, -0.2) is 0 Å². The Kier molecular flexibility index (Phi) is 7.12. The van der Waals surface area contributed by atoms with E-state index in [2.05, 4.69) is 48.0 Å². The van der Waals surface area contributed by atoms with Gasteiger partial charge in [0.05, 0.1) is 0 Å². The molecule has 1 unspecified atom stereocenters. The van der Waals surface area contributed by atoms with Crippen LogP contribution in [0.5, 0.6) is 0 Å². The Balaban J connectivity index is 2.06. The Labute approximate surface area is 107 Å². The third-order valence-electron chi connectivity index (χ3n) is 2.68. The fourth-order valence-corrected chi connectivity index (χ4v) is 2.88. The van der Waals surface area contributed by atoms with E-state index in [0.29, 0.717) is 6.04 Å². The highest BCUT2D eigenvalue weighted by Gasteiger charge is 2.07. The number of nitrogens with one attached hydrogen (secondary N) is 1. The normalized spacial score (nSPS) is 13.2. The molecule has 1 heterocycles. The molecule has 0 spiro atoms. The van der Waals surface area contributed by atoms with Crippen molar-refractivity contribution in [3.63, 3.8) is 0 Å². The molecule has 0 aliphatic carbocycles. The van der Waals surface area contributed by atoms with Crippen LogP contribution in [0.2, 0.25) is 0 Å². The Morgan fingerprint density at radius 1 is 1.56 bits per heavy atom. The van der Waals surface area contributed by atoms with E-state index < -0.39 is 0 Å². The number of rotatable bonds is 8. The molecule has 1 rings (SSSR count). The molecule has 1 atom stereocenters. The molecule has 16 heavy (non-hydrogen) atoms. The Hall–Kier alpha value is -0.0300. The number of thioether (sulfide) groups is 1. The lowest BCUT2D eigenvalue weighted by Gasteiger charge is -2.23. The summed E-state index contributed by atoms with van der Waals surface area (Å²) >= 11 is 3.73. The minimum Gasteiger partial charge on any atom is -0.311 e. The van der Waals surface area contributed by atoms with E-state index in [1.54, 1.807) is 0 Å². The minimum atomic E-state index is 0.665. The van der Waals surface area contributed by atoms with Crippen LogP contribution in [0.15, 0.2) is 17.5 Å². The van der Waals surface area contributed by atoms with Crippen LogP contribution < -0.4 is 5.32 Å². The van der Waals surface area contributed by atoms with Crippen molar-refractivity contribution in [3.05, 3.63) is 22.4 Å². The molecular formula is C12H22N2S2. The highest BCUT2D eigenvalue weighted by molar-refractivity contribution is 7.98. The van der Waals surface area contributed by atoms with Crippen molar-refractivity contribution in [2.75, 3.05) is 32.1 Å². The van der Waals surface area contributed by atoms with Gasteiger partial charge in [0, 0.05) is 36.3 Å². The fraction of sp³-hybridized carbons (Fsp3) is 0.667. The second-order valence-electron chi connectivity index (χ2n) is 4.04. The van der Waals surface area contributed by atoms with Gasteiger partial charge in [-0.05, 0) is 31.7 Å². The second kappa shape index (κ2) is 8.12. The van der Waals surface area contributed by atoms with Gasteiger partial charge < -0.3 is 10.2 Å². The van der Waals surface area contributed by atoms with Gasteiger partial charge in [-0.2, -0.15) is 11.8 Å². The van der Waals surface area contributed by atoms with Crippen molar-refractivity contribution in [2.24, 2.45) is 0 Å². The molecular weight excluding hydrogens is 236 g/mol. The predicted molar refractivity (Wildman–Crippen MR) is 76.5 cm³/mol. The molecule has 0 aliphatic heterocycles. The first-order valence-corrected chi connectivity index (χ1v) is 7.93. The molecule has 92 valence electrons. The smallest absolute Gasteiger partial charge is 0.0300 e. The maximum Gasteiger partial charge on any atom is 0.0300 e. The molecule has 0 saturated carbocycles. The lowest BCUT2D eigenvalue weighted by molar-refractivity contribution is 0.277. The quantitative estimate of drug-likeness (QED) is 0.721. The van der Waals surface area contributed by atoms with Crippen LogP contribution in [0.3, 0.4) is 0 Å². The number of hydrogen-bond acceptors (Lipinski definition) is 4.